The molecule has 168 valence electrons. The fourth-order valence-corrected chi connectivity index (χ4v) is 6.79. The van der Waals surface area contributed by atoms with E-state index >= 15 is 0 Å². The highest BCUT2D eigenvalue weighted by Gasteiger charge is 2.70. The number of hydrogen-bond donors (Lipinski definition) is 0. The Bertz CT molecular complexity index is 1420. The molecule has 1 fully saturated rings. The number of nitro benzene ring substituents is 1. The largest absolute Gasteiger partial charge is 0.299 e. The van der Waals surface area contributed by atoms with Gasteiger partial charge in [0.15, 0.2) is 0 Å². The van der Waals surface area contributed by atoms with Crippen LogP contribution in [0.4, 0.5) is 11.4 Å². The Morgan fingerprint density at radius 2 is 1.56 bits per heavy atom. The van der Waals surface area contributed by atoms with Gasteiger partial charge in [0, 0.05) is 16.5 Å². The van der Waals surface area contributed by atoms with Crippen molar-refractivity contribution < 1.29 is 19.3 Å². The lowest BCUT2D eigenvalue weighted by Crippen LogP contribution is -2.57. The van der Waals surface area contributed by atoms with E-state index in [1.54, 1.807) is 6.07 Å². The van der Waals surface area contributed by atoms with E-state index in [-0.39, 0.29) is 17.2 Å². The summed E-state index contributed by atoms with van der Waals surface area (Å²) < 4.78 is 0.458. The van der Waals surface area contributed by atoms with Crippen LogP contribution in [-0.2, 0) is 19.8 Å². The third-order valence-corrected chi connectivity index (χ3v) is 8.04. The number of nitro groups is 1. The van der Waals surface area contributed by atoms with Gasteiger partial charge in [0.25, 0.3) is 5.69 Å². The first-order valence-corrected chi connectivity index (χ1v) is 11.6. The Hall–Kier alpha value is -3.65. The molecule has 0 aromatic heterocycles. The summed E-state index contributed by atoms with van der Waals surface area (Å²) >= 11 is 3.22. The highest BCUT2D eigenvalue weighted by molar-refractivity contribution is 9.10. The lowest BCUT2D eigenvalue weighted by molar-refractivity contribution is -0.384. The number of anilines is 1. The molecule has 4 aliphatic rings. The van der Waals surface area contributed by atoms with Gasteiger partial charge in [-0.2, -0.15) is 0 Å². The molecule has 0 spiro atoms. The summed E-state index contributed by atoms with van der Waals surface area (Å²) in [6.45, 7) is 1.46. The molecule has 2 amide bonds. The van der Waals surface area contributed by atoms with Crippen molar-refractivity contribution in [1.29, 1.82) is 0 Å². The standard InChI is InChI=1S/C26H17BrN2O5/c1-13(30)26-17-8-4-2-6-15(17)21(16-7-3-5-9-18(16)26)22-23(26)25(32)28(24(22)31)19-11-10-14(27)12-20(19)29(33)34/h2-12,21-23H,1H3/t21?,22-,23+,26?/m1/s1. The van der Waals surface area contributed by atoms with Crippen LogP contribution in [-0.4, -0.2) is 22.5 Å². The first-order chi connectivity index (χ1) is 16.3. The van der Waals surface area contributed by atoms with E-state index in [1.165, 1.54) is 19.1 Å². The molecule has 2 atom stereocenters. The van der Waals surface area contributed by atoms with Gasteiger partial charge in [-0.05, 0) is 41.3 Å². The smallest absolute Gasteiger partial charge is 0.294 e. The fourth-order valence-electron chi connectivity index (χ4n) is 6.44. The van der Waals surface area contributed by atoms with E-state index in [0.717, 1.165) is 27.2 Å². The first-order valence-electron chi connectivity index (χ1n) is 10.8. The minimum absolute atomic E-state index is 0.0798. The van der Waals surface area contributed by atoms with Gasteiger partial charge in [0.2, 0.25) is 11.8 Å². The summed E-state index contributed by atoms with van der Waals surface area (Å²) in [7, 11) is 0. The second-order valence-electron chi connectivity index (χ2n) is 8.92. The third-order valence-electron chi connectivity index (χ3n) is 7.55. The van der Waals surface area contributed by atoms with Gasteiger partial charge in [0.1, 0.15) is 11.5 Å². The quantitative estimate of drug-likeness (QED) is 0.290. The summed E-state index contributed by atoms with van der Waals surface area (Å²) in [5.74, 6) is -3.55. The predicted molar refractivity (Wildman–Crippen MR) is 126 cm³/mol. The van der Waals surface area contributed by atoms with Gasteiger partial charge in [-0.3, -0.25) is 24.5 Å². The number of rotatable bonds is 3. The van der Waals surface area contributed by atoms with Crippen molar-refractivity contribution in [3.63, 3.8) is 0 Å². The number of imide groups is 1. The lowest BCUT2D eigenvalue weighted by Gasteiger charge is -2.52. The SMILES string of the molecule is CC(=O)C12c3ccccc3C(c3ccccc31)[C@H]1C(=O)N(c3ccc(Br)cc3[N+](=O)[O-])C(=O)[C@H]12. The number of halogens is 1. The zero-order valence-electron chi connectivity index (χ0n) is 17.9. The van der Waals surface area contributed by atoms with Crippen LogP contribution in [0.1, 0.15) is 35.1 Å². The van der Waals surface area contributed by atoms with E-state index in [1.807, 2.05) is 48.5 Å². The molecule has 2 bridgehead atoms. The molecule has 34 heavy (non-hydrogen) atoms. The van der Waals surface area contributed by atoms with Crippen molar-refractivity contribution in [2.75, 3.05) is 4.90 Å². The Morgan fingerprint density at radius 1 is 0.971 bits per heavy atom. The normalized spacial score (nSPS) is 26.2. The van der Waals surface area contributed by atoms with Crippen molar-refractivity contribution >= 4 is 44.9 Å². The summed E-state index contributed by atoms with van der Waals surface area (Å²) in [6.07, 6.45) is 0. The predicted octanol–water partition coefficient (Wildman–Crippen LogP) is 4.50. The second-order valence-corrected chi connectivity index (χ2v) is 9.84. The molecule has 0 unspecified atom stereocenters. The van der Waals surface area contributed by atoms with Crippen molar-refractivity contribution in [1.82, 2.24) is 0 Å². The average Bonchev–Trinajstić information content (AvgIpc) is 3.09. The first kappa shape index (κ1) is 20.9. The minimum atomic E-state index is -1.34. The Kier molecular flexibility index (Phi) is 4.26. The number of hydrogen-bond acceptors (Lipinski definition) is 5. The molecule has 7 nitrogen and oxygen atoms in total. The van der Waals surface area contributed by atoms with Crippen LogP contribution in [0.2, 0.25) is 0 Å². The number of benzene rings is 3. The molecule has 3 aromatic rings. The van der Waals surface area contributed by atoms with Crippen molar-refractivity contribution in [3.8, 4) is 0 Å². The van der Waals surface area contributed by atoms with Crippen LogP contribution < -0.4 is 4.90 Å². The fraction of sp³-hybridized carbons (Fsp3) is 0.192. The molecule has 1 aliphatic heterocycles. The second kappa shape index (κ2) is 6.93. The zero-order valence-corrected chi connectivity index (χ0v) is 19.5. The van der Waals surface area contributed by atoms with Crippen LogP contribution in [0, 0.1) is 22.0 Å². The van der Waals surface area contributed by atoms with Gasteiger partial charge < -0.3 is 0 Å². The maximum atomic E-state index is 14.0. The summed E-state index contributed by atoms with van der Waals surface area (Å²) in [5.41, 5.74) is 1.41. The monoisotopic (exact) mass is 516 g/mol. The number of Topliss-reactive ketones (excluding diaryl/α,β-unsaturated/α-hetero) is 1. The van der Waals surface area contributed by atoms with Crippen molar-refractivity contribution in [3.05, 3.63) is 104 Å². The van der Waals surface area contributed by atoms with E-state index in [0.29, 0.717) is 4.47 Å². The molecule has 7 rings (SSSR count). The van der Waals surface area contributed by atoms with E-state index in [9.17, 15) is 24.5 Å². The summed E-state index contributed by atoms with van der Waals surface area (Å²) in [6, 6.07) is 19.2. The molecule has 0 N–H and O–H groups in total. The van der Waals surface area contributed by atoms with Gasteiger partial charge in [-0.15, -0.1) is 0 Å². The topological polar surface area (TPSA) is 97.6 Å². The zero-order chi connectivity index (χ0) is 23.9. The van der Waals surface area contributed by atoms with E-state index in [4.69, 9.17) is 0 Å². The molecule has 0 radical (unpaired) electrons. The van der Waals surface area contributed by atoms with Gasteiger partial charge >= 0.3 is 0 Å². The van der Waals surface area contributed by atoms with Crippen LogP contribution in [0.15, 0.2) is 71.2 Å². The molecule has 3 aliphatic carbocycles. The highest BCUT2D eigenvalue weighted by Crippen LogP contribution is 2.64. The third kappa shape index (κ3) is 2.33. The van der Waals surface area contributed by atoms with Crippen LogP contribution in [0.3, 0.4) is 0 Å². The maximum absolute atomic E-state index is 14.0. The molecule has 3 aromatic carbocycles. The number of carbonyl (C=O) groups is 3. The van der Waals surface area contributed by atoms with E-state index in [2.05, 4.69) is 15.9 Å². The van der Waals surface area contributed by atoms with Gasteiger partial charge in [-0.25, -0.2) is 4.90 Å². The minimum Gasteiger partial charge on any atom is -0.299 e. The number of amides is 2. The van der Waals surface area contributed by atoms with E-state index < -0.39 is 39.9 Å². The number of ketones is 1. The molecule has 1 saturated heterocycles. The van der Waals surface area contributed by atoms with Gasteiger partial charge in [-0.1, -0.05) is 64.5 Å². The van der Waals surface area contributed by atoms with Crippen molar-refractivity contribution in [2.24, 2.45) is 11.8 Å². The van der Waals surface area contributed by atoms with Crippen molar-refractivity contribution in [2.45, 2.75) is 18.3 Å². The van der Waals surface area contributed by atoms with Crippen LogP contribution >= 0.6 is 15.9 Å². The molecule has 0 saturated carbocycles. The Morgan fingerprint density at radius 3 is 2.12 bits per heavy atom. The van der Waals surface area contributed by atoms with Crippen LogP contribution in [0.25, 0.3) is 0 Å². The number of carbonyl (C=O) groups excluding carboxylic acids is 3. The molecular weight excluding hydrogens is 500 g/mol. The summed E-state index contributed by atoms with van der Waals surface area (Å²) in [5, 5.41) is 11.8. The van der Waals surface area contributed by atoms with Gasteiger partial charge in [0.05, 0.1) is 22.2 Å². The Labute approximate surface area is 202 Å². The molecule has 1 heterocycles. The van der Waals surface area contributed by atoms with Crippen LogP contribution in [0.5, 0.6) is 0 Å². The molecular formula is C26H17BrN2O5. The number of nitrogens with zero attached hydrogens (tertiary/aromatic N) is 2. The maximum Gasteiger partial charge on any atom is 0.294 e. The Balaban J connectivity index is 1.66. The highest BCUT2D eigenvalue weighted by atomic mass is 79.9. The molecule has 8 heteroatoms. The summed E-state index contributed by atoms with van der Waals surface area (Å²) in [4.78, 5) is 53.7. The lowest BCUT2D eigenvalue weighted by atomic mass is 9.46. The average molecular weight is 517 g/mol.